The van der Waals surface area contributed by atoms with E-state index in [0.29, 0.717) is 19.0 Å². The minimum absolute atomic E-state index is 0. The van der Waals surface area contributed by atoms with Gasteiger partial charge >= 0.3 is 0 Å². The van der Waals surface area contributed by atoms with E-state index in [4.69, 9.17) is 21.1 Å². The quantitative estimate of drug-likeness (QED) is 0.453. The van der Waals surface area contributed by atoms with Crippen molar-refractivity contribution in [3.63, 3.8) is 0 Å². The number of halogens is 2. The first-order valence-corrected chi connectivity index (χ1v) is 5.05. The van der Waals surface area contributed by atoms with Crippen molar-refractivity contribution in [3.8, 4) is 0 Å². The van der Waals surface area contributed by atoms with Gasteiger partial charge in [-0.3, -0.25) is 0 Å². The summed E-state index contributed by atoms with van der Waals surface area (Å²) in [6, 6.07) is 0. The van der Waals surface area contributed by atoms with E-state index in [-0.39, 0.29) is 12.4 Å². The molecule has 0 spiro atoms. The number of hydrogen-bond acceptors (Lipinski definition) is 5. The summed E-state index contributed by atoms with van der Waals surface area (Å²) in [5, 5.41) is 21.9. The van der Waals surface area contributed by atoms with E-state index in [1.165, 1.54) is 7.11 Å². The van der Waals surface area contributed by atoms with E-state index < -0.39 is 24.6 Å². The Labute approximate surface area is 100 Å². The fourth-order valence-corrected chi connectivity index (χ4v) is 1.52. The highest BCUT2D eigenvalue weighted by Crippen LogP contribution is 2.20. The van der Waals surface area contributed by atoms with E-state index >= 15 is 0 Å². The number of aliphatic hydroxyl groups is 2. The maximum Gasteiger partial charge on any atom is 0.186 e. The Morgan fingerprint density at radius 1 is 1.40 bits per heavy atom. The number of ether oxygens (including phenoxy) is 2. The molecule has 4 atom stereocenters. The van der Waals surface area contributed by atoms with Crippen molar-refractivity contribution in [3.05, 3.63) is 0 Å². The minimum Gasteiger partial charge on any atom is -0.387 e. The Bertz CT molecular complexity index is 175. The minimum atomic E-state index is -0.984. The van der Waals surface area contributed by atoms with Gasteiger partial charge in [-0.05, 0) is 0 Å². The molecule has 0 aliphatic carbocycles. The summed E-state index contributed by atoms with van der Waals surface area (Å²) in [4.78, 5) is 0. The third-order valence-corrected chi connectivity index (χ3v) is 2.36. The molecular weight excluding hydrogens is 245 g/mol. The summed E-state index contributed by atoms with van der Waals surface area (Å²) in [6.07, 6.45) is -3.09. The molecule has 1 fully saturated rings. The van der Waals surface area contributed by atoms with Gasteiger partial charge in [-0.25, -0.2) is 0 Å². The Morgan fingerprint density at radius 3 is 2.53 bits per heavy atom. The molecule has 0 saturated carbocycles. The number of aliphatic hydroxyl groups excluding tert-OH is 2. The van der Waals surface area contributed by atoms with Gasteiger partial charge in [0, 0.05) is 26.1 Å². The molecule has 1 heterocycles. The van der Waals surface area contributed by atoms with E-state index in [1.54, 1.807) is 0 Å². The first-order chi connectivity index (χ1) is 6.70. The van der Waals surface area contributed by atoms with Gasteiger partial charge in [-0.15, -0.1) is 24.0 Å². The van der Waals surface area contributed by atoms with Crippen LogP contribution in [-0.2, 0) is 9.47 Å². The number of methoxy groups -OCH3 is 1. The molecule has 0 aromatic heterocycles. The standard InChI is InChI=1S/C8H16ClNO4.ClH/c1-13-8-7(12)6(11)5(14-8)4-10-3-2-9;/h5-8,10-12H,2-4H2,1H3;1H. The molecule has 0 amide bonds. The summed E-state index contributed by atoms with van der Waals surface area (Å²) >= 11 is 5.47. The Kier molecular flexibility index (Phi) is 7.81. The van der Waals surface area contributed by atoms with Crippen LogP contribution in [0.2, 0.25) is 0 Å². The predicted molar refractivity (Wildman–Crippen MR) is 58.5 cm³/mol. The molecule has 1 aliphatic rings. The maximum absolute atomic E-state index is 9.53. The topological polar surface area (TPSA) is 71.0 Å². The van der Waals surface area contributed by atoms with Crippen LogP contribution in [-0.4, -0.2) is 60.9 Å². The van der Waals surface area contributed by atoms with E-state index in [2.05, 4.69) is 5.32 Å². The second kappa shape index (κ2) is 7.62. The van der Waals surface area contributed by atoms with E-state index in [9.17, 15) is 10.2 Å². The van der Waals surface area contributed by atoms with Crippen LogP contribution in [0.3, 0.4) is 0 Å². The summed E-state index contributed by atoms with van der Waals surface area (Å²) in [7, 11) is 1.43. The van der Waals surface area contributed by atoms with Gasteiger partial charge in [0.25, 0.3) is 0 Å². The summed E-state index contributed by atoms with van der Waals surface area (Å²) in [6.45, 7) is 1.09. The predicted octanol–water partition coefficient (Wildman–Crippen LogP) is -0.670. The van der Waals surface area contributed by atoms with Crippen LogP contribution in [0.1, 0.15) is 0 Å². The largest absolute Gasteiger partial charge is 0.387 e. The van der Waals surface area contributed by atoms with Crippen LogP contribution < -0.4 is 5.32 Å². The summed E-state index contributed by atoms with van der Waals surface area (Å²) in [5.41, 5.74) is 0. The van der Waals surface area contributed by atoms with Crippen molar-refractivity contribution in [1.82, 2.24) is 5.32 Å². The first-order valence-electron chi connectivity index (χ1n) is 4.51. The summed E-state index contributed by atoms with van der Waals surface area (Å²) in [5.74, 6) is 0.499. The molecule has 5 nitrogen and oxygen atoms in total. The molecule has 1 aliphatic heterocycles. The molecule has 7 heteroatoms. The van der Waals surface area contributed by atoms with Gasteiger partial charge in [0.15, 0.2) is 6.29 Å². The second-order valence-electron chi connectivity index (χ2n) is 3.15. The monoisotopic (exact) mass is 261 g/mol. The van der Waals surface area contributed by atoms with Gasteiger partial charge in [0.05, 0.1) is 0 Å². The number of alkyl halides is 1. The molecular formula is C8H17Cl2NO4. The Morgan fingerprint density at radius 2 is 2.07 bits per heavy atom. The van der Waals surface area contributed by atoms with Crippen LogP contribution in [0.5, 0.6) is 0 Å². The lowest BCUT2D eigenvalue weighted by Gasteiger charge is -2.14. The van der Waals surface area contributed by atoms with Crippen molar-refractivity contribution < 1.29 is 19.7 Å². The normalized spacial score (nSPS) is 35.2. The molecule has 4 unspecified atom stereocenters. The SMILES string of the molecule is COC1OC(CNCCCl)C(O)C1O.Cl. The molecule has 0 aromatic carbocycles. The second-order valence-corrected chi connectivity index (χ2v) is 3.53. The smallest absolute Gasteiger partial charge is 0.186 e. The van der Waals surface area contributed by atoms with Crippen molar-refractivity contribution in [2.45, 2.75) is 24.6 Å². The molecule has 0 bridgehead atoms. The van der Waals surface area contributed by atoms with Crippen LogP contribution in [0.15, 0.2) is 0 Å². The molecule has 92 valence electrons. The Balaban J connectivity index is 0.00000196. The lowest BCUT2D eigenvalue weighted by atomic mass is 10.1. The number of rotatable bonds is 5. The maximum atomic E-state index is 9.53. The van der Waals surface area contributed by atoms with E-state index in [1.807, 2.05) is 0 Å². The highest BCUT2D eigenvalue weighted by atomic mass is 35.5. The number of hydrogen-bond donors (Lipinski definition) is 3. The molecule has 1 rings (SSSR count). The van der Waals surface area contributed by atoms with Gasteiger partial charge in [-0.2, -0.15) is 0 Å². The fourth-order valence-electron chi connectivity index (χ4n) is 1.39. The van der Waals surface area contributed by atoms with Gasteiger partial charge < -0.3 is 25.0 Å². The van der Waals surface area contributed by atoms with E-state index in [0.717, 1.165) is 0 Å². The van der Waals surface area contributed by atoms with Gasteiger partial charge in [-0.1, -0.05) is 0 Å². The van der Waals surface area contributed by atoms with Crippen molar-refractivity contribution in [2.24, 2.45) is 0 Å². The van der Waals surface area contributed by atoms with Crippen LogP contribution in [0.4, 0.5) is 0 Å². The number of nitrogens with one attached hydrogen (secondary N) is 1. The first kappa shape index (κ1) is 15.4. The average Bonchev–Trinajstić information content (AvgIpc) is 2.46. The Hall–Kier alpha value is 0.380. The molecule has 0 radical (unpaired) electrons. The third-order valence-electron chi connectivity index (χ3n) is 2.17. The zero-order chi connectivity index (χ0) is 10.6. The van der Waals surface area contributed by atoms with Crippen molar-refractivity contribution >= 4 is 24.0 Å². The summed E-state index contributed by atoms with van der Waals surface area (Å²) < 4.78 is 10.1. The molecule has 15 heavy (non-hydrogen) atoms. The van der Waals surface area contributed by atoms with Crippen LogP contribution in [0, 0.1) is 0 Å². The lowest BCUT2D eigenvalue weighted by Crippen LogP contribution is -2.38. The van der Waals surface area contributed by atoms with Crippen LogP contribution in [0.25, 0.3) is 0 Å². The fraction of sp³-hybridized carbons (Fsp3) is 1.00. The van der Waals surface area contributed by atoms with Gasteiger partial charge in [0.1, 0.15) is 18.3 Å². The third kappa shape index (κ3) is 4.03. The molecule has 1 saturated heterocycles. The average molecular weight is 262 g/mol. The van der Waals surface area contributed by atoms with Crippen molar-refractivity contribution in [2.75, 3.05) is 26.1 Å². The molecule has 3 N–H and O–H groups in total. The highest BCUT2D eigenvalue weighted by molar-refractivity contribution is 6.18. The molecule has 0 aromatic rings. The highest BCUT2D eigenvalue weighted by Gasteiger charge is 2.42. The van der Waals surface area contributed by atoms with Gasteiger partial charge in [0.2, 0.25) is 0 Å². The van der Waals surface area contributed by atoms with Crippen LogP contribution >= 0.6 is 24.0 Å². The zero-order valence-electron chi connectivity index (χ0n) is 8.43. The van der Waals surface area contributed by atoms with Crippen molar-refractivity contribution in [1.29, 1.82) is 0 Å². The lowest BCUT2D eigenvalue weighted by molar-refractivity contribution is -0.147. The zero-order valence-corrected chi connectivity index (χ0v) is 10.0.